The topological polar surface area (TPSA) is 116 Å². The molecule has 0 fully saturated rings. The summed E-state index contributed by atoms with van der Waals surface area (Å²) in [5.41, 5.74) is 2.13. The van der Waals surface area contributed by atoms with Crippen LogP contribution in [-0.4, -0.2) is 52.8 Å². The number of nitrogens with one attached hydrogen (secondary N) is 2. The van der Waals surface area contributed by atoms with Gasteiger partial charge in [0.2, 0.25) is 5.91 Å². The standard InChI is InChI=1S/C26H22Cl3N3O5S/c27-16-4-1-3-14(9-16)10-21(33)32-7-6-17-15(13-32)11-18(28)22(23(17)29)25(35)31-19(26(36)37)12-30-24(34)20-5-2-8-38-20/h1-5,8-9,11,19H,6-7,10,12-13H2,(H,30,34)(H,31,35)(H,36,37)/t19-/m0/s1. The van der Waals surface area contributed by atoms with E-state index in [-0.39, 0.29) is 41.0 Å². The molecule has 0 saturated carbocycles. The molecule has 1 atom stereocenters. The van der Waals surface area contributed by atoms with E-state index in [1.165, 1.54) is 11.3 Å². The Hall–Kier alpha value is -3.11. The Morgan fingerprint density at radius 1 is 1.05 bits per heavy atom. The van der Waals surface area contributed by atoms with Crippen LogP contribution in [0.2, 0.25) is 15.1 Å². The number of carbonyl (C=O) groups is 4. The predicted molar refractivity (Wildman–Crippen MR) is 146 cm³/mol. The molecule has 0 aliphatic carbocycles. The monoisotopic (exact) mass is 593 g/mol. The van der Waals surface area contributed by atoms with Crippen molar-refractivity contribution >= 4 is 69.8 Å². The van der Waals surface area contributed by atoms with Gasteiger partial charge >= 0.3 is 5.97 Å². The SMILES string of the molecule is O=C(NC[C@H](NC(=O)c1c(Cl)cc2c(c1Cl)CCN(C(=O)Cc1cccc(Cl)c1)C2)C(=O)O)c1cccs1. The smallest absolute Gasteiger partial charge is 0.328 e. The number of carboxylic acids is 1. The molecule has 3 amide bonds. The number of rotatable bonds is 8. The number of fused-ring (bicyclic) bond motifs is 1. The zero-order chi connectivity index (χ0) is 27.4. The van der Waals surface area contributed by atoms with Crippen LogP contribution in [0.15, 0.2) is 47.8 Å². The molecule has 1 aliphatic heterocycles. The second kappa shape index (κ2) is 12.2. The van der Waals surface area contributed by atoms with Gasteiger partial charge in [-0.3, -0.25) is 14.4 Å². The summed E-state index contributed by atoms with van der Waals surface area (Å²) in [4.78, 5) is 51.9. The van der Waals surface area contributed by atoms with Gasteiger partial charge in [-0.05, 0) is 52.8 Å². The average molecular weight is 595 g/mol. The fraction of sp³-hybridized carbons (Fsp3) is 0.231. The molecule has 0 spiro atoms. The van der Waals surface area contributed by atoms with E-state index in [0.717, 1.165) is 5.56 Å². The van der Waals surface area contributed by atoms with Crippen LogP contribution in [0.5, 0.6) is 0 Å². The number of hydrogen-bond acceptors (Lipinski definition) is 5. The molecule has 2 aromatic carbocycles. The van der Waals surface area contributed by atoms with E-state index in [1.54, 1.807) is 46.7 Å². The average Bonchev–Trinajstić information content (AvgIpc) is 3.41. The third kappa shape index (κ3) is 6.47. The van der Waals surface area contributed by atoms with Gasteiger partial charge < -0.3 is 20.6 Å². The van der Waals surface area contributed by atoms with Crippen LogP contribution in [0, 0.1) is 0 Å². The highest BCUT2D eigenvalue weighted by molar-refractivity contribution is 7.12. The zero-order valence-corrected chi connectivity index (χ0v) is 22.9. The van der Waals surface area contributed by atoms with E-state index in [9.17, 15) is 24.3 Å². The Balaban J connectivity index is 1.45. The number of hydrogen-bond donors (Lipinski definition) is 3. The van der Waals surface area contributed by atoms with Gasteiger partial charge in [-0.25, -0.2) is 4.79 Å². The molecule has 0 bridgehead atoms. The van der Waals surface area contributed by atoms with Crippen molar-refractivity contribution in [3.63, 3.8) is 0 Å². The van der Waals surface area contributed by atoms with Gasteiger partial charge in [-0.15, -0.1) is 11.3 Å². The van der Waals surface area contributed by atoms with Crippen LogP contribution in [0.3, 0.4) is 0 Å². The summed E-state index contributed by atoms with van der Waals surface area (Å²) in [5.74, 6) is -2.63. The van der Waals surface area contributed by atoms with Gasteiger partial charge in [0, 0.05) is 24.7 Å². The summed E-state index contributed by atoms with van der Waals surface area (Å²) in [6.07, 6.45) is 0.587. The summed E-state index contributed by atoms with van der Waals surface area (Å²) < 4.78 is 0. The molecule has 38 heavy (non-hydrogen) atoms. The van der Waals surface area contributed by atoms with E-state index in [2.05, 4.69) is 10.6 Å². The van der Waals surface area contributed by atoms with E-state index in [1.807, 2.05) is 6.07 Å². The first-order valence-electron chi connectivity index (χ1n) is 11.5. The van der Waals surface area contributed by atoms with Crippen LogP contribution in [0.25, 0.3) is 0 Å². The second-order valence-corrected chi connectivity index (χ2v) is 10.8. The highest BCUT2D eigenvalue weighted by Crippen LogP contribution is 2.35. The lowest BCUT2D eigenvalue weighted by Crippen LogP contribution is -2.48. The van der Waals surface area contributed by atoms with Gasteiger partial charge in [0.25, 0.3) is 11.8 Å². The van der Waals surface area contributed by atoms with Crippen molar-refractivity contribution in [2.24, 2.45) is 0 Å². The molecular formula is C26H22Cl3N3O5S. The second-order valence-electron chi connectivity index (χ2n) is 8.61. The minimum atomic E-state index is -1.41. The fourth-order valence-electron chi connectivity index (χ4n) is 4.13. The number of carbonyl (C=O) groups excluding carboxylic acids is 3. The molecule has 198 valence electrons. The molecular weight excluding hydrogens is 573 g/mol. The maximum atomic E-state index is 13.0. The molecule has 2 heterocycles. The molecule has 1 aliphatic rings. The highest BCUT2D eigenvalue weighted by atomic mass is 35.5. The summed E-state index contributed by atoms with van der Waals surface area (Å²) in [6, 6.07) is 10.6. The zero-order valence-electron chi connectivity index (χ0n) is 19.8. The van der Waals surface area contributed by atoms with Crippen LogP contribution < -0.4 is 10.6 Å². The summed E-state index contributed by atoms with van der Waals surface area (Å²) in [6.45, 7) is 0.325. The Morgan fingerprint density at radius 3 is 2.53 bits per heavy atom. The van der Waals surface area contributed by atoms with Crippen molar-refractivity contribution in [2.75, 3.05) is 13.1 Å². The number of nitrogens with zero attached hydrogens (tertiary/aromatic N) is 1. The van der Waals surface area contributed by atoms with Gasteiger partial charge in [0.15, 0.2) is 0 Å². The Bertz CT molecular complexity index is 1400. The van der Waals surface area contributed by atoms with Crippen LogP contribution in [0.4, 0.5) is 0 Å². The number of benzene rings is 2. The molecule has 3 N–H and O–H groups in total. The van der Waals surface area contributed by atoms with E-state index in [0.29, 0.717) is 34.0 Å². The lowest BCUT2D eigenvalue weighted by molar-refractivity contribution is -0.139. The number of thiophene rings is 1. The molecule has 4 rings (SSSR count). The quantitative estimate of drug-likeness (QED) is 0.357. The number of halogens is 3. The highest BCUT2D eigenvalue weighted by Gasteiger charge is 2.29. The first-order chi connectivity index (χ1) is 18.1. The maximum absolute atomic E-state index is 13.0. The normalized spacial score (nSPS) is 13.4. The Kier molecular flexibility index (Phi) is 8.94. The first-order valence-corrected chi connectivity index (χ1v) is 13.5. The molecule has 12 heteroatoms. The van der Waals surface area contributed by atoms with Gasteiger partial charge in [-0.2, -0.15) is 0 Å². The Labute approximate surface area is 237 Å². The van der Waals surface area contributed by atoms with Crippen molar-refractivity contribution in [2.45, 2.75) is 25.4 Å². The molecule has 0 unspecified atom stereocenters. The van der Waals surface area contributed by atoms with Crippen molar-refractivity contribution in [3.8, 4) is 0 Å². The number of carboxylic acid groups (broad SMARTS) is 1. The summed E-state index contributed by atoms with van der Waals surface area (Å²) in [5, 5.41) is 16.9. The van der Waals surface area contributed by atoms with E-state index in [4.69, 9.17) is 34.8 Å². The molecule has 3 aromatic rings. The van der Waals surface area contributed by atoms with Crippen LogP contribution in [0.1, 0.15) is 36.7 Å². The summed E-state index contributed by atoms with van der Waals surface area (Å²) >= 11 is 20.2. The van der Waals surface area contributed by atoms with Crippen molar-refractivity contribution in [3.05, 3.63) is 90.0 Å². The third-order valence-corrected chi connectivity index (χ3v) is 7.86. The van der Waals surface area contributed by atoms with E-state index < -0.39 is 23.8 Å². The Morgan fingerprint density at radius 2 is 1.84 bits per heavy atom. The molecule has 0 radical (unpaired) electrons. The molecule has 1 aromatic heterocycles. The molecule has 0 saturated heterocycles. The van der Waals surface area contributed by atoms with Crippen molar-refractivity contribution in [1.29, 1.82) is 0 Å². The van der Waals surface area contributed by atoms with Gasteiger partial charge in [0.1, 0.15) is 6.04 Å². The fourth-order valence-corrected chi connectivity index (χ4v) is 5.74. The molecule has 8 nitrogen and oxygen atoms in total. The first kappa shape index (κ1) is 27.9. The largest absolute Gasteiger partial charge is 0.480 e. The number of aliphatic carboxylic acids is 1. The predicted octanol–water partition coefficient (Wildman–Crippen LogP) is 4.45. The number of amides is 3. The lowest BCUT2D eigenvalue weighted by Gasteiger charge is -2.30. The van der Waals surface area contributed by atoms with Crippen molar-refractivity contribution in [1.82, 2.24) is 15.5 Å². The maximum Gasteiger partial charge on any atom is 0.328 e. The van der Waals surface area contributed by atoms with Crippen molar-refractivity contribution < 1.29 is 24.3 Å². The van der Waals surface area contributed by atoms with E-state index >= 15 is 0 Å². The van der Waals surface area contributed by atoms with Crippen LogP contribution in [-0.2, 0) is 29.0 Å². The van der Waals surface area contributed by atoms with Crippen LogP contribution >= 0.6 is 46.1 Å². The van der Waals surface area contributed by atoms with Gasteiger partial charge in [0.05, 0.1) is 26.9 Å². The summed E-state index contributed by atoms with van der Waals surface area (Å²) in [7, 11) is 0. The minimum absolute atomic E-state index is 0.0298. The van der Waals surface area contributed by atoms with Gasteiger partial charge in [-0.1, -0.05) is 53.0 Å². The lowest BCUT2D eigenvalue weighted by atomic mass is 9.96. The third-order valence-electron chi connectivity index (χ3n) is 6.04. The minimum Gasteiger partial charge on any atom is -0.480 e.